The highest BCUT2D eigenvalue weighted by Crippen LogP contribution is 2.20. The van der Waals surface area contributed by atoms with E-state index in [0.29, 0.717) is 17.8 Å². The molecule has 4 rings (SSSR count). The van der Waals surface area contributed by atoms with Gasteiger partial charge in [-0.2, -0.15) is 15.0 Å². The van der Waals surface area contributed by atoms with E-state index in [1.807, 2.05) is 47.4 Å². The van der Waals surface area contributed by atoms with Crippen LogP contribution in [-0.2, 0) is 0 Å². The maximum Gasteiger partial charge on any atom is 0.256 e. The van der Waals surface area contributed by atoms with Crippen LogP contribution in [0.5, 0.6) is 0 Å². The van der Waals surface area contributed by atoms with Crippen LogP contribution in [0.25, 0.3) is 5.69 Å². The fourth-order valence-electron chi connectivity index (χ4n) is 3.28. The first-order valence-corrected chi connectivity index (χ1v) is 8.74. The number of rotatable bonds is 4. The monoisotopic (exact) mass is 348 g/mol. The van der Waals surface area contributed by atoms with E-state index in [9.17, 15) is 4.79 Å². The molecule has 0 aliphatic carbocycles. The molecule has 1 N–H and O–H groups in total. The van der Waals surface area contributed by atoms with Crippen molar-refractivity contribution in [1.82, 2.24) is 24.9 Å². The van der Waals surface area contributed by atoms with Crippen molar-refractivity contribution in [1.29, 1.82) is 0 Å². The maximum absolute atomic E-state index is 13.1. The summed E-state index contributed by atoms with van der Waals surface area (Å²) in [4.78, 5) is 20.8. The van der Waals surface area contributed by atoms with Gasteiger partial charge in [-0.1, -0.05) is 18.2 Å². The molecule has 3 aromatic rings. The third kappa shape index (κ3) is 3.42. The third-order valence-corrected chi connectivity index (χ3v) is 4.49. The Kier molecular flexibility index (Phi) is 4.59. The van der Waals surface area contributed by atoms with Crippen LogP contribution in [0, 0.1) is 0 Å². The van der Waals surface area contributed by atoms with Gasteiger partial charge >= 0.3 is 0 Å². The number of piperidine rings is 1. The Balaban J connectivity index is 1.52. The Labute approximate surface area is 151 Å². The van der Waals surface area contributed by atoms with Gasteiger partial charge in [0.25, 0.3) is 5.91 Å². The van der Waals surface area contributed by atoms with Gasteiger partial charge < -0.3 is 10.2 Å². The molecule has 1 aromatic carbocycles. The van der Waals surface area contributed by atoms with Crippen molar-refractivity contribution in [2.45, 2.75) is 18.9 Å². The third-order valence-electron chi connectivity index (χ3n) is 4.49. The van der Waals surface area contributed by atoms with Crippen molar-refractivity contribution in [3.05, 3.63) is 66.6 Å². The molecule has 0 unspecified atom stereocenters. The summed E-state index contributed by atoms with van der Waals surface area (Å²) in [7, 11) is 0. The van der Waals surface area contributed by atoms with Gasteiger partial charge in [0.1, 0.15) is 5.82 Å². The number of likely N-dealkylation sites (tertiary alicyclic amines) is 1. The number of hydrogen-bond acceptors (Lipinski definition) is 5. The van der Waals surface area contributed by atoms with E-state index in [4.69, 9.17) is 0 Å². The van der Waals surface area contributed by atoms with E-state index in [2.05, 4.69) is 20.5 Å². The minimum Gasteiger partial charge on any atom is -0.366 e. The topological polar surface area (TPSA) is 75.9 Å². The molecule has 1 atom stereocenters. The fourth-order valence-corrected chi connectivity index (χ4v) is 3.28. The predicted molar refractivity (Wildman–Crippen MR) is 98.1 cm³/mol. The first-order valence-electron chi connectivity index (χ1n) is 8.74. The lowest BCUT2D eigenvalue weighted by molar-refractivity contribution is 0.0714. The number of para-hydroxylation sites is 1. The van der Waals surface area contributed by atoms with Gasteiger partial charge in [0.05, 0.1) is 23.6 Å². The molecule has 7 nitrogen and oxygen atoms in total. The molecule has 2 aromatic heterocycles. The molecule has 26 heavy (non-hydrogen) atoms. The van der Waals surface area contributed by atoms with Crippen molar-refractivity contribution in [3.63, 3.8) is 0 Å². The molecular formula is C19H20N6O. The molecule has 1 amide bonds. The van der Waals surface area contributed by atoms with Crippen LogP contribution in [0.1, 0.15) is 23.2 Å². The second-order valence-corrected chi connectivity index (χ2v) is 6.29. The summed E-state index contributed by atoms with van der Waals surface area (Å²) in [5, 5.41) is 11.7. The number of pyridine rings is 1. The van der Waals surface area contributed by atoms with Crippen LogP contribution in [0.15, 0.2) is 61.1 Å². The Hall–Kier alpha value is -3.22. The number of aromatic nitrogens is 4. The molecule has 0 radical (unpaired) electrons. The summed E-state index contributed by atoms with van der Waals surface area (Å²) in [6, 6.07) is 13.4. The van der Waals surface area contributed by atoms with E-state index in [0.717, 1.165) is 25.2 Å². The normalized spacial score (nSPS) is 17.1. The van der Waals surface area contributed by atoms with E-state index in [1.165, 1.54) is 4.80 Å². The van der Waals surface area contributed by atoms with Gasteiger partial charge in [0.15, 0.2) is 0 Å². The zero-order chi connectivity index (χ0) is 17.8. The van der Waals surface area contributed by atoms with Gasteiger partial charge in [-0.05, 0) is 37.1 Å². The number of benzene rings is 1. The van der Waals surface area contributed by atoms with Crippen LogP contribution in [0.4, 0.5) is 5.82 Å². The molecular weight excluding hydrogens is 328 g/mol. The molecule has 132 valence electrons. The Morgan fingerprint density at radius 2 is 1.85 bits per heavy atom. The standard InChI is InChI=1S/C19H20N6O/c26-19(16-7-1-2-8-17(16)25-21-11-12-22-25)24-13-5-6-15(14-24)23-18-9-3-4-10-20-18/h1-4,7-12,15H,5-6,13-14H2,(H,20,23)/t15-/m1/s1. The number of carbonyl (C=O) groups excluding carboxylic acids is 1. The molecule has 1 saturated heterocycles. The summed E-state index contributed by atoms with van der Waals surface area (Å²) in [5.74, 6) is 0.846. The van der Waals surface area contributed by atoms with Gasteiger partial charge in [-0.15, -0.1) is 0 Å². The summed E-state index contributed by atoms with van der Waals surface area (Å²) in [6.07, 6.45) is 6.95. The number of anilines is 1. The van der Waals surface area contributed by atoms with Crippen molar-refractivity contribution < 1.29 is 4.79 Å². The second-order valence-electron chi connectivity index (χ2n) is 6.29. The molecule has 1 aliphatic rings. The first kappa shape index (κ1) is 16.3. The SMILES string of the molecule is O=C(c1ccccc1-n1nccn1)N1CCC[C@@H](Nc2ccccn2)C1. The van der Waals surface area contributed by atoms with Crippen molar-refractivity contribution in [3.8, 4) is 5.69 Å². The van der Waals surface area contributed by atoms with Crippen molar-refractivity contribution >= 4 is 11.7 Å². The van der Waals surface area contributed by atoms with Gasteiger partial charge in [0.2, 0.25) is 0 Å². The molecule has 7 heteroatoms. The van der Waals surface area contributed by atoms with Crippen LogP contribution in [0.2, 0.25) is 0 Å². The van der Waals surface area contributed by atoms with E-state index >= 15 is 0 Å². The Morgan fingerprint density at radius 3 is 2.65 bits per heavy atom. The summed E-state index contributed by atoms with van der Waals surface area (Å²) < 4.78 is 0. The molecule has 0 bridgehead atoms. The van der Waals surface area contributed by atoms with E-state index in [-0.39, 0.29) is 11.9 Å². The lowest BCUT2D eigenvalue weighted by atomic mass is 10.0. The fraction of sp³-hybridized carbons (Fsp3) is 0.263. The molecule has 1 aliphatic heterocycles. The molecule has 3 heterocycles. The number of carbonyl (C=O) groups is 1. The minimum absolute atomic E-state index is 0.00502. The van der Waals surface area contributed by atoms with Crippen LogP contribution in [-0.4, -0.2) is 49.9 Å². The molecule has 1 fully saturated rings. The highest BCUT2D eigenvalue weighted by Gasteiger charge is 2.26. The number of nitrogens with zero attached hydrogens (tertiary/aromatic N) is 5. The lowest BCUT2D eigenvalue weighted by Crippen LogP contribution is -2.45. The molecule has 0 spiro atoms. The number of hydrogen-bond donors (Lipinski definition) is 1. The zero-order valence-electron chi connectivity index (χ0n) is 14.3. The maximum atomic E-state index is 13.1. The second kappa shape index (κ2) is 7.35. The summed E-state index contributed by atoms with van der Waals surface area (Å²) >= 11 is 0. The van der Waals surface area contributed by atoms with Gasteiger partial charge in [-0.25, -0.2) is 4.98 Å². The number of amides is 1. The minimum atomic E-state index is 0.00502. The van der Waals surface area contributed by atoms with E-state index in [1.54, 1.807) is 18.6 Å². The summed E-state index contributed by atoms with van der Waals surface area (Å²) in [5.41, 5.74) is 1.31. The highest BCUT2D eigenvalue weighted by molar-refractivity contribution is 5.97. The summed E-state index contributed by atoms with van der Waals surface area (Å²) in [6.45, 7) is 1.40. The Bertz CT molecular complexity index is 865. The van der Waals surface area contributed by atoms with Crippen molar-refractivity contribution in [2.75, 3.05) is 18.4 Å². The van der Waals surface area contributed by atoms with E-state index < -0.39 is 0 Å². The van der Waals surface area contributed by atoms with Crippen molar-refractivity contribution in [2.24, 2.45) is 0 Å². The predicted octanol–water partition coefficient (Wildman–Crippen LogP) is 2.38. The van der Waals surface area contributed by atoms with Gasteiger partial charge in [0, 0.05) is 25.3 Å². The Morgan fingerprint density at radius 1 is 1.04 bits per heavy atom. The van der Waals surface area contributed by atoms with Crippen LogP contribution in [0.3, 0.4) is 0 Å². The smallest absolute Gasteiger partial charge is 0.256 e. The number of nitrogens with one attached hydrogen (secondary N) is 1. The largest absolute Gasteiger partial charge is 0.366 e. The average molecular weight is 348 g/mol. The zero-order valence-corrected chi connectivity index (χ0v) is 14.3. The highest BCUT2D eigenvalue weighted by atomic mass is 16.2. The first-order chi connectivity index (χ1) is 12.8. The van der Waals surface area contributed by atoms with Crippen LogP contribution < -0.4 is 5.32 Å². The average Bonchev–Trinajstić information content (AvgIpc) is 3.23. The quantitative estimate of drug-likeness (QED) is 0.783. The lowest BCUT2D eigenvalue weighted by Gasteiger charge is -2.33. The van der Waals surface area contributed by atoms with Gasteiger partial charge in [-0.3, -0.25) is 4.79 Å². The molecule has 0 saturated carbocycles. The van der Waals surface area contributed by atoms with Crippen LogP contribution >= 0.6 is 0 Å².